The van der Waals surface area contributed by atoms with E-state index in [1.807, 2.05) is 0 Å². The molecule has 5 nitrogen and oxygen atoms in total. The summed E-state index contributed by atoms with van der Waals surface area (Å²) in [6.07, 6.45) is -1.74. The molecule has 1 aliphatic carbocycles. The van der Waals surface area contributed by atoms with Crippen LogP contribution in [0.3, 0.4) is 0 Å². The van der Waals surface area contributed by atoms with E-state index in [2.05, 4.69) is 0 Å². The monoisotopic (exact) mass is 308 g/mol. The molecule has 2 aliphatic rings. The summed E-state index contributed by atoms with van der Waals surface area (Å²) >= 11 is 0. The molecule has 4 atom stereocenters. The minimum absolute atomic E-state index is 0.0483. The Morgan fingerprint density at radius 2 is 1.81 bits per heavy atom. The van der Waals surface area contributed by atoms with Gasteiger partial charge in [0.2, 0.25) is 0 Å². The number of hydrogen-bond donors (Lipinski definition) is 2. The zero-order valence-electron chi connectivity index (χ0n) is 11.7. The molecule has 1 amide bonds. The number of likely N-dealkylation sites (tertiary alicyclic amines) is 1. The van der Waals surface area contributed by atoms with E-state index in [1.165, 1.54) is 0 Å². The predicted molar refractivity (Wildman–Crippen MR) is 67.3 cm³/mol. The molecule has 1 aliphatic heterocycles. The second kappa shape index (κ2) is 5.15. The Balaban J connectivity index is 2.33. The molecule has 3 N–H and O–H groups in total. The number of rotatable bonds is 2. The van der Waals surface area contributed by atoms with E-state index in [-0.39, 0.29) is 12.3 Å². The molecule has 1 heterocycles. The lowest BCUT2D eigenvalue weighted by atomic mass is 9.84. The summed E-state index contributed by atoms with van der Waals surface area (Å²) in [6.45, 7) is 0.602. The molecule has 1 saturated heterocycles. The molecule has 120 valence electrons. The lowest BCUT2D eigenvalue weighted by Crippen LogP contribution is -2.65. The summed E-state index contributed by atoms with van der Waals surface area (Å²) in [5, 5.41) is 9.23. The number of carboxylic acids is 1. The van der Waals surface area contributed by atoms with Crippen molar-refractivity contribution in [3.8, 4) is 0 Å². The molecular formula is C13H19F3N2O3. The standard InChI is InChI=1S/C13H19F3N2O3/c1-12(17,13(14,15)16)11(21)18-8-5-3-2-4-7(8)6-9(18)10(19)20/h7-9H,2-6,17H2,1H3,(H,19,20). The molecule has 2 rings (SSSR count). The third-order valence-corrected chi connectivity index (χ3v) is 4.64. The van der Waals surface area contributed by atoms with Gasteiger partial charge >= 0.3 is 12.1 Å². The van der Waals surface area contributed by atoms with E-state index in [9.17, 15) is 27.9 Å². The molecule has 4 unspecified atom stereocenters. The largest absolute Gasteiger partial charge is 0.480 e. The summed E-state index contributed by atoms with van der Waals surface area (Å²) in [5.74, 6) is -2.65. The van der Waals surface area contributed by atoms with Gasteiger partial charge in [0.15, 0.2) is 5.54 Å². The molecule has 0 aromatic carbocycles. The molecule has 8 heteroatoms. The maximum Gasteiger partial charge on any atom is 0.415 e. The quantitative estimate of drug-likeness (QED) is 0.810. The number of hydrogen-bond acceptors (Lipinski definition) is 3. The number of alkyl halides is 3. The van der Waals surface area contributed by atoms with Gasteiger partial charge < -0.3 is 15.7 Å². The number of nitrogens with two attached hydrogens (primary N) is 1. The predicted octanol–water partition coefficient (Wildman–Crippen LogP) is 1.51. The highest BCUT2D eigenvalue weighted by atomic mass is 19.4. The highest BCUT2D eigenvalue weighted by Gasteiger charge is 2.59. The molecule has 1 saturated carbocycles. The van der Waals surface area contributed by atoms with Gasteiger partial charge in [0.25, 0.3) is 5.91 Å². The van der Waals surface area contributed by atoms with Gasteiger partial charge in [0.05, 0.1) is 0 Å². The van der Waals surface area contributed by atoms with Crippen LogP contribution in [0.4, 0.5) is 13.2 Å². The van der Waals surface area contributed by atoms with Crippen LogP contribution in [0.1, 0.15) is 39.0 Å². The zero-order valence-corrected chi connectivity index (χ0v) is 11.7. The van der Waals surface area contributed by atoms with Gasteiger partial charge in [0, 0.05) is 6.04 Å². The number of amides is 1. The van der Waals surface area contributed by atoms with Gasteiger partial charge in [-0.3, -0.25) is 4.79 Å². The molecule has 0 bridgehead atoms. The Bertz CT molecular complexity index is 450. The normalized spacial score (nSPS) is 32.4. The third kappa shape index (κ3) is 2.61. The van der Waals surface area contributed by atoms with Crippen molar-refractivity contribution >= 4 is 11.9 Å². The van der Waals surface area contributed by atoms with Crippen molar-refractivity contribution in [3.05, 3.63) is 0 Å². The lowest BCUT2D eigenvalue weighted by Gasteiger charge is -2.38. The van der Waals surface area contributed by atoms with E-state index < -0.39 is 35.7 Å². The van der Waals surface area contributed by atoms with E-state index in [1.54, 1.807) is 0 Å². The molecule has 0 spiro atoms. The van der Waals surface area contributed by atoms with Crippen molar-refractivity contribution in [2.75, 3.05) is 0 Å². The second-order valence-corrected chi connectivity index (χ2v) is 6.11. The number of halogens is 3. The first-order valence-electron chi connectivity index (χ1n) is 6.98. The topological polar surface area (TPSA) is 83.6 Å². The number of aliphatic carboxylic acids is 1. The average molecular weight is 308 g/mol. The Hall–Kier alpha value is -1.31. The van der Waals surface area contributed by atoms with Gasteiger partial charge in [-0.2, -0.15) is 13.2 Å². The SMILES string of the molecule is CC(N)(C(=O)N1C(C(=O)O)CC2CCCCC21)C(F)(F)F. The number of carbonyl (C=O) groups is 2. The zero-order chi connectivity index (χ0) is 16.0. The summed E-state index contributed by atoms with van der Waals surface area (Å²) in [4.78, 5) is 24.5. The van der Waals surface area contributed by atoms with Crippen LogP contribution in [-0.4, -0.2) is 45.7 Å². The first-order valence-corrected chi connectivity index (χ1v) is 6.98. The first-order chi connectivity index (χ1) is 9.57. The van der Waals surface area contributed by atoms with Crippen LogP contribution in [0.25, 0.3) is 0 Å². The first kappa shape index (κ1) is 16.1. The molecule has 21 heavy (non-hydrogen) atoms. The number of carboxylic acid groups (broad SMARTS) is 1. The van der Waals surface area contributed by atoms with Crippen LogP contribution in [0.5, 0.6) is 0 Å². The van der Waals surface area contributed by atoms with Crippen LogP contribution in [0.2, 0.25) is 0 Å². The summed E-state index contributed by atoms with van der Waals surface area (Å²) in [7, 11) is 0. The van der Waals surface area contributed by atoms with Crippen molar-refractivity contribution in [1.82, 2.24) is 4.90 Å². The highest BCUT2D eigenvalue weighted by molar-refractivity contribution is 5.91. The summed E-state index contributed by atoms with van der Waals surface area (Å²) in [6, 6.07) is -1.66. The van der Waals surface area contributed by atoms with Gasteiger partial charge in [-0.25, -0.2) is 4.79 Å². The molecule has 0 aromatic heterocycles. The van der Waals surface area contributed by atoms with Crippen LogP contribution in [0.15, 0.2) is 0 Å². The molecule has 0 aromatic rings. The van der Waals surface area contributed by atoms with Crippen molar-refractivity contribution < 1.29 is 27.9 Å². The lowest BCUT2D eigenvalue weighted by molar-refractivity contribution is -0.196. The Morgan fingerprint density at radius 3 is 2.33 bits per heavy atom. The Morgan fingerprint density at radius 1 is 1.24 bits per heavy atom. The second-order valence-electron chi connectivity index (χ2n) is 6.11. The van der Waals surface area contributed by atoms with Crippen LogP contribution in [0, 0.1) is 5.92 Å². The van der Waals surface area contributed by atoms with Gasteiger partial charge in [0.1, 0.15) is 6.04 Å². The number of fused-ring (bicyclic) bond motifs is 1. The molecule has 0 radical (unpaired) electrons. The third-order valence-electron chi connectivity index (χ3n) is 4.64. The molecule has 2 fully saturated rings. The van der Waals surface area contributed by atoms with Crippen molar-refractivity contribution in [1.29, 1.82) is 0 Å². The summed E-state index contributed by atoms with van der Waals surface area (Å²) < 4.78 is 38.9. The van der Waals surface area contributed by atoms with Crippen molar-refractivity contribution in [2.24, 2.45) is 11.7 Å². The molecular weight excluding hydrogens is 289 g/mol. The minimum atomic E-state index is -4.92. The summed E-state index contributed by atoms with van der Waals surface area (Å²) in [5.41, 5.74) is 2.13. The fraction of sp³-hybridized carbons (Fsp3) is 0.846. The Labute approximate surface area is 120 Å². The van der Waals surface area contributed by atoms with E-state index in [0.717, 1.165) is 24.2 Å². The number of carbonyl (C=O) groups excluding carboxylic acids is 1. The highest BCUT2D eigenvalue weighted by Crippen LogP contribution is 2.42. The fourth-order valence-electron chi connectivity index (χ4n) is 3.36. The van der Waals surface area contributed by atoms with Crippen LogP contribution < -0.4 is 5.73 Å². The van der Waals surface area contributed by atoms with Crippen molar-refractivity contribution in [2.45, 2.75) is 62.8 Å². The van der Waals surface area contributed by atoms with Crippen LogP contribution >= 0.6 is 0 Å². The van der Waals surface area contributed by atoms with Gasteiger partial charge in [-0.15, -0.1) is 0 Å². The van der Waals surface area contributed by atoms with Gasteiger partial charge in [-0.1, -0.05) is 12.8 Å². The fourth-order valence-corrected chi connectivity index (χ4v) is 3.36. The van der Waals surface area contributed by atoms with Crippen LogP contribution in [-0.2, 0) is 9.59 Å². The van der Waals surface area contributed by atoms with E-state index in [4.69, 9.17) is 5.73 Å². The minimum Gasteiger partial charge on any atom is -0.480 e. The average Bonchev–Trinajstić information content (AvgIpc) is 2.75. The number of nitrogens with zero attached hydrogens (tertiary/aromatic N) is 1. The smallest absolute Gasteiger partial charge is 0.415 e. The Kier molecular flexibility index (Phi) is 3.94. The van der Waals surface area contributed by atoms with E-state index >= 15 is 0 Å². The maximum absolute atomic E-state index is 13.0. The van der Waals surface area contributed by atoms with E-state index in [0.29, 0.717) is 13.3 Å². The maximum atomic E-state index is 13.0. The van der Waals surface area contributed by atoms with Gasteiger partial charge in [-0.05, 0) is 32.1 Å². The van der Waals surface area contributed by atoms with Crippen molar-refractivity contribution in [3.63, 3.8) is 0 Å².